The Morgan fingerprint density at radius 1 is 1.32 bits per heavy atom. The van der Waals surface area contributed by atoms with Crippen LogP contribution in [0.1, 0.15) is 16.5 Å². The van der Waals surface area contributed by atoms with E-state index in [2.05, 4.69) is 22.8 Å². The molecule has 1 aliphatic heterocycles. The molecule has 0 radical (unpaired) electrons. The van der Waals surface area contributed by atoms with E-state index < -0.39 is 0 Å². The number of benzene rings is 1. The van der Waals surface area contributed by atoms with Gasteiger partial charge in [0.2, 0.25) is 5.91 Å². The first-order chi connectivity index (χ1) is 13.7. The summed E-state index contributed by atoms with van der Waals surface area (Å²) in [5.41, 5.74) is 1.62. The van der Waals surface area contributed by atoms with Gasteiger partial charge in [-0.05, 0) is 23.6 Å². The summed E-state index contributed by atoms with van der Waals surface area (Å²) in [4.78, 5) is 15.4. The molecule has 2 aromatic heterocycles. The number of fused-ring (bicyclic) bond motifs is 1. The van der Waals surface area contributed by atoms with E-state index in [1.807, 2.05) is 18.2 Å². The number of amides is 1. The summed E-state index contributed by atoms with van der Waals surface area (Å²) < 4.78 is 16.3. The SMILES string of the molecule is COc1ccc2c(CC(=O)NC[C@H](c3cccs3)[NH+]3CCOCC3)coc2c1. The van der Waals surface area contributed by atoms with Crippen LogP contribution in [-0.2, 0) is 16.0 Å². The van der Waals surface area contributed by atoms with Gasteiger partial charge < -0.3 is 24.1 Å². The molecule has 1 aromatic carbocycles. The highest BCUT2D eigenvalue weighted by Gasteiger charge is 2.27. The minimum absolute atomic E-state index is 0.00716. The van der Waals surface area contributed by atoms with Crippen LogP contribution >= 0.6 is 11.3 Å². The highest BCUT2D eigenvalue weighted by molar-refractivity contribution is 7.10. The van der Waals surface area contributed by atoms with Crippen LogP contribution in [0.15, 0.2) is 46.4 Å². The molecule has 6 nitrogen and oxygen atoms in total. The first kappa shape index (κ1) is 19.0. The maximum Gasteiger partial charge on any atom is 0.224 e. The van der Waals surface area contributed by atoms with E-state index in [-0.39, 0.29) is 11.9 Å². The van der Waals surface area contributed by atoms with Crippen molar-refractivity contribution in [1.29, 1.82) is 0 Å². The Morgan fingerprint density at radius 3 is 2.93 bits per heavy atom. The number of carbonyl (C=O) groups excluding carboxylic acids is 1. The van der Waals surface area contributed by atoms with Gasteiger partial charge in [-0.3, -0.25) is 4.79 Å². The van der Waals surface area contributed by atoms with Gasteiger partial charge in [-0.15, -0.1) is 11.3 Å². The average Bonchev–Trinajstić information content (AvgIpc) is 3.39. The third-order valence-electron chi connectivity index (χ3n) is 5.23. The van der Waals surface area contributed by atoms with Crippen LogP contribution in [0.2, 0.25) is 0 Å². The van der Waals surface area contributed by atoms with Gasteiger partial charge in [0.05, 0.1) is 44.4 Å². The molecule has 1 amide bonds. The molecule has 0 spiro atoms. The Bertz CT molecular complexity index is 916. The standard InChI is InChI=1S/C21H24N2O4S/c1-25-16-4-5-17-15(14-27-19(17)12-16)11-21(24)22-13-18(20-3-2-10-28-20)23-6-8-26-9-7-23/h2-5,10,12,14,18H,6-9,11,13H2,1H3,(H,22,24)/p+1/t18-/m1/s1. The summed E-state index contributed by atoms with van der Waals surface area (Å²) in [6.07, 6.45) is 1.96. The van der Waals surface area contributed by atoms with Crippen LogP contribution in [-0.4, -0.2) is 45.9 Å². The van der Waals surface area contributed by atoms with Crippen molar-refractivity contribution < 1.29 is 23.6 Å². The van der Waals surface area contributed by atoms with Crippen LogP contribution in [0.25, 0.3) is 11.0 Å². The lowest BCUT2D eigenvalue weighted by Crippen LogP contribution is -3.15. The number of hydrogen-bond acceptors (Lipinski definition) is 5. The number of quaternary nitrogens is 1. The predicted octanol–water partition coefficient (Wildman–Crippen LogP) is 1.82. The van der Waals surface area contributed by atoms with Crippen LogP contribution in [0, 0.1) is 0 Å². The lowest BCUT2D eigenvalue weighted by molar-refractivity contribution is -0.937. The van der Waals surface area contributed by atoms with Crippen molar-refractivity contribution in [3.8, 4) is 5.75 Å². The van der Waals surface area contributed by atoms with Gasteiger partial charge in [-0.2, -0.15) is 0 Å². The summed E-state index contributed by atoms with van der Waals surface area (Å²) in [6, 6.07) is 10.1. The summed E-state index contributed by atoms with van der Waals surface area (Å²) in [6.45, 7) is 4.10. The topological polar surface area (TPSA) is 65.1 Å². The highest BCUT2D eigenvalue weighted by Crippen LogP contribution is 2.26. The van der Waals surface area contributed by atoms with Gasteiger partial charge in [-0.25, -0.2) is 0 Å². The average molecular weight is 402 g/mol. The molecule has 0 bridgehead atoms. The van der Waals surface area contributed by atoms with Gasteiger partial charge >= 0.3 is 0 Å². The number of nitrogens with one attached hydrogen (secondary N) is 2. The molecule has 3 aromatic rings. The summed E-state index contributed by atoms with van der Waals surface area (Å²) in [5.74, 6) is 0.748. The van der Waals surface area contributed by atoms with Gasteiger partial charge in [0, 0.05) is 17.0 Å². The van der Waals surface area contributed by atoms with Crippen molar-refractivity contribution in [1.82, 2.24) is 5.32 Å². The van der Waals surface area contributed by atoms with Crippen LogP contribution in [0.5, 0.6) is 5.75 Å². The Kier molecular flexibility index (Phi) is 5.95. The Labute approximate surface area is 168 Å². The summed E-state index contributed by atoms with van der Waals surface area (Å²) in [5, 5.41) is 6.18. The minimum Gasteiger partial charge on any atom is -0.497 e. The number of rotatable bonds is 7. The van der Waals surface area contributed by atoms with Crippen LogP contribution in [0.4, 0.5) is 0 Å². The molecule has 1 aliphatic rings. The molecule has 2 N–H and O–H groups in total. The molecular weight excluding hydrogens is 376 g/mol. The number of morpholine rings is 1. The van der Waals surface area contributed by atoms with Crippen LogP contribution < -0.4 is 15.0 Å². The summed E-state index contributed by atoms with van der Waals surface area (Å²) in [7, 11) is 1.62. The van der Waals surface area contributed by atoms with E-state index in [0.717, 1.165) is 48.6 Å². The van der Waals surface area contributed by atoms with E-state index in [9.17, 15) is 4.79 Å². The number of carbonyl (C=O) groups is 1. The van der Waals surface area contributed by atoms with E-state index in [1.54, 1.807) is 24.7 Å². The lowest BCUT2D eigenvalue weighted by Gasteiger charge is -2.31. The first-order valence-corrected chi connectivity index (χ1v) is 10.4. The molecule has 4 rings (SSSR count). The number of hydrogen-bond donors (Lipinski definition) is 2. The Balaban J connectivity index is 1.41. The van der Waals surface area contributed by atoms with Crippen molar-refractivity contribution in [3.63, 3.8) is 0 Å². The predicted molar refractivity (Wildman–Crippen MR) is 108 cm³/mol. The molecule has 0 unspecified atom stereocenters. The second-order valence-electron chi connectivity index (χ2n) is 6.94. The maximum absolute atomic E-state index is 12.6. The molecule has 28 heavy (non-hydrogen) atoms. The number of thiophene rings is 1. The van der Waals surface area contributed by atoms with E-state index in [0.29, 0.717) is 13.0 Å². The molecule has 7 heteroatoms. The zero-order valence-corrected chi connectivity index (χ0v) is 16.7. The molecular formula is C21H25N2O4S+. The second-order valence-corrected chi connectivity index (χ2v) is 7.92. The van der Waals surface area contributed by atoms with Crippen molar-refractivity contribution in [2.24, 2.45) is 0 Å². The monoisotopic (exact) mass is 401 g/mol. The molecule has 0 aliphatic carbocycles. The Hall–Kier alpha value is -2.35. The van der Waals surface area contributed by atoms with E-state index in [1.165, 1.54) is 9.78 Å². The third kappa shape index (κ3) is 4.22. The zero-order valence-electron chi connectivity index (χ0n) is 15.9. The van der Waals surface area contributed by atoms with Gasteiger partial charge in [0.15, 0.2) is 0 Å². The number of furan rings is 1. The van der Waals surface area contributed by atoms with Crippen molar-refractivity contribution in [2.45, 2.75) is 12.5 Å². The number of methoxy groups -OCH3 is 1. The minimum atomic E-state index is 0.00716. The zero-order chi connectivity index (χ0) is 19.3. The van der Waals surface area contributed by atoms with Gasteiger partial charge in [0.1, 0.15) is 30.5 Å². The number of ether oxygens (including phenoxy) is 2. The van der Waals surface area contributed by atoms with Crippen molar-refractivity contribution in [3.05, 3.63) is 52.4 Å². The van der Waals surface area contributed by atoms with E-state index >= 15 is 0 Å². The Morgan fingerprint density at radius 2 is 2.18 bits per heavy atom. The highest BCUT2D eigenvalue weighted by atomic mass is 32.1. The normalized spacial score (nSPS) is 16.2. The second kappa shape index (κ2) is 8.77. The fourth-order valence-electron chi connectivity index (χ4n) is 3.70. The third-order valence-corrected chi connectivity index (χ3v) is 6.22. The fraction of sp³-hybridized carbons (Fsp3) is 0.381. The molecule has 1 saturated heterocycles. The molecule has 148 valence electrons. The fourth-order valence-corrected chi connectivity index (χ4v) is 4.58. The lowest BCUT2D eigenvalue weighted by atomic mass is 10.1. The van der Waals surface area contributed by atoms with Crippen LogP contribution in [0.3, 0.4) is 0 Å². The molecule has 1 fully saturated rings. The first-order valence-electron chi connectivity index (χ1n) is 9.51. The van der Waals surface area contributed by atoms with E-state index in [4.69, 9.17) is 13.9 Å². The quantitative estimate of drug-likeness (QED) is 0.634. The largest absolute Gasteiger partial charge is 0.497 e. The van der Waals surface area contributed by atoms with Gasteiger partial charge in [-0.1, -0.05) is 6.07 Å². The maximum atomic E-state index is 12.6. The molecule has 3 heterocycles. The summed E-state index contributed by atoms with van der Waals surface area (Å²) >= 11 is 1.75. The van der Waals surface area contributed by atoms with Crippen molar-refractivity contribution >= 4 is 28.2 Å². The molecule has 0 saturated carbocycles. The smallest absolute Gasteiger partial charge is 0.224 e. The van der Waals surface area contributed by atoms with Gasteiger partial charge in [0.25, 0.3) is 0 Å². The van der Waals surface area contributed by atoms with Crippen molar-refractivity contribution in [2.75, 3.05) is 40.0 Å². The molecule has 1 atom stereocenters.